The average molecular weight is 420 g/mol. The van der Waals surface area contributed by atoms with Crippen LogP contribution in [0, 0.1) is 0 Å². The number of carbonyl (C=O) groups is 1. The van der Waals surface area contributed by atoms with E-state index in [2.05, 4.69) is 10.5 Å². The Morgan fingerprint density at radius 3 is 2.52 bits per heavy atom. The maximum absolute atomic E-state index is 12.0. The number of ether oxygens (including phenoxy) is 2. The fourth-order valence-electron chi connectivity index (χ4n) is 2.84. The summed E-state index contributed by atoms with van der Waals surface area (Å²) in [5.74, 6) is 0.521. The van der Waals surface area contributed by atoms with Crippen LogP contribution in [-0.4, -0.2) is 29.4 Å². The molecule has 0 aliphatic carbocycles. The molecule has 0 bridgehead atoms. The molecule has 7 heteroatoms. The van der Waals surface area contributed by atoms with Crippen molar-refractivity contribution in [2.75, 3.05) is 7.11 Å². The summed E-state index contributed by atoms with van der Waals surface area (Å²) in [5.41, 5.74) is 5.01. The van der Waals surface area contributed by atoms with E-state index in [-0.39, 0.29) is 23.8 Å². The Bertz CT molecular complexity index is 1050. The molecule has 3 aromatic carbocycles. The fourth-order valence-corrected chi connectivity index (χ4v) is 2.84. The predicted molar refractivity (Wildman–Crippen MR) is 118 cm³/mol. The highest BCUT2D eigenvalue weighted by atomic mass is 16.5. The summed E-state index contributed by atoms with van der Waals surface area (Å²) in [5, 5.41) is 22.8. The summed E-state index contributed by atoms with van der Waals surface area (Å²) < 4.78 is 11.2. The van der Waals surface area contributed by atoms with Crippen LogP contribution < -0.4 is 14.9 Å². The topological polar surface area (TPSA) is 100 Å². The van der Waals surface area contributed by atoms with Crippen molar-refractivity contribution >= 4 is 12.1 Å². The minimum Gasteiger partial charge on any atom is -0.504 e. The summed E-state index contributed by atoms with van der Waals surface area (Å²) in [6, 6.07) is 19.7. The highest BCUT2D eigenvalue weighted by Crippen LogP contribution is 2.28. The van der Waals surface area contributed by atoms with E-state index < -0.39 is 0 Å². The number of hydrogen-bond acceptors (Lipinski definition) is 6. The molecule has 0 saturated heterocycles. The molecule has 7 nitrogen and oxygen atoms in total. The van der Waals surface area contributed by atoms with Crippen molar-refractivity contribution in [1.29, 1.82) is 0 Å². The fraction of sp³-hybridized carbons (Fsp3) is 0.167. The number of carbonyl (C=O) groups excluding carboxylic acids is 1. The smallest absolute Gasteiger partial charge is 0.240 e. The van der Waals surface area contributed by atoms with E-state index in [0.29, 0.717) is 24.5 Å². The third-order valence-corrected chi connectivity index (χ3v) is 4.51. The monoisotopic (exact) mass is 420 g/mol. The normalized spacial score (nSPS) is 10.7. The lowest BCUT2D eigenvalue weighted by atomic mass is 10.1. The van der Waals surface area contributed by atoms with E-state index in [4.69, 9.17) is 9.47 Å². The van der Waals surface area contributed by atoms with E-state index in [1.54, 1.807) is 25.3 Å². The number of methoxy groups -OCH3 is 1. The van der Waals surface area contributed by atoms with Crippen molar-refractivity contribution in [2.45, 2.75) is 19.4 Å². The first-order valence-electron chi connectivity index (χ1n) is 9.72. The predicted octanol–water partition coefficient (Wildman–Crippen LogP) is 3.77. The van der Waals surface area contributed by atoms with Gasteiger partial charge in [-0.05, 0) is 53.4 Å². The molecule has 0 fully saturated rings. The first-order chi connectivity index (χ1) is 15.0. The van der Waals surface area contributed by atoms with Gasteiger partial charge in [0.05, 0.1) is 13.3 Å². The first kappa shape index (κ1) is 21.7. The second-order valence-electron chi connectivity index (χ2n) is 6.80. The number of phenols is 2. The van der Waals surface area contributed by atoms with E-state index in [9.17, 15) is 15.0 Å². The average Bonchev–Trinajstić information content (AvgIpc) is 2.79. The van der Waals surface area contributed by atoms with E-state index in [1.165, 1.54) is 18.3 Å². The number of aryl methyl sites for hydroxylation is 1. The Kier molecular flexibility index (Phi) is 7.48. The van der Waals surface area contributed by atoms with Crippen LogP contribution in [-0.2, 0) is 17.8 Å². The lowest BCUT2D eigenvalue weighted by Gasteiger charge is -2.11. The highest BCUT2D eigenvalue weighted by Gasteiger charge is 2.07. The first-order valence-corrected chi connectivity index (χ1v) is 9.72. The molecule has 0 unspecified atom stereocenters. The van der Waals surface area contributed by atoms with Gasteiger partial charge in [-0.15, -0.1) is 0 Å². The van der Waals surface area contributed by atoms with Crippen LogP contribution in [0.4, 0.5) is 0 Å². The number of nitrogens with one attached hydrogen (secondary N) is 1. The Balaban J connectivity index is 1.51. The maximum Gasteiger partial charge on any atom is 0.240 e. The van der Waals surface area contributed by atoms with Crippen molar-refractivity contribution in [3.63, 3.8) is 0 Å². The lowest BCUT2D eigenvalue weighted by Crippen LogP contribution is -2.17. The van der Waals surface area contributed by atoms with Crippen molar-refractivity contribution in [3.05, 3.63) is 83.4 Å². The molecule has 0 aliphatic heterocycles. The SMILES string of the molecule is COc1cc(/C=N/NC(=O)CCc2ccc(O)c(O)c2)ccc1OCc1ccccc1. The number of nitrogens with zero attached hydrogens (tertiary/aromatic N) is 1. The Morgan fingerprint density at radius 2 is 1.77 bits per heavy atom. The van der Waals surface area contributed by atoms with Crippen LogP contribution in [0.2, 0.25) is 0 Å². The number of benzene rings is 3. The number of phenolic OH excluding ortho intramolecular Hbond substituents is 2. The van der Waals surface area contributed by atoms with E-state index in [1.807, 2.05) is 36.4 Å². The molecule has 0 radical (unpaired) electrons. The third-order valence-electron chi connectivity index (χ3n) is 4.51. The van der Waals surface area contributed by atoms with Crippen molar-refractivity contribution in [3.8, 4) is 23.0 Å². The van der Waals surface area contributed by atoms with Crippen LogP contribution >= 0.6 is 0 Å². The van der Waals surface area contributed by atoms with Gasteiger partial charge in [-0.2, -0.15) is 5.10 Å². The molecule has 0 heterocycles. The highest BCUT2D eigenvalue weighted by molar-refractivity contribution is 5.83. The van der Waals surface area contributed by atoms with Crippen LogP contribution in [0.3, 0.4) is 0 Å². The zero-order valence-electron chi connectivity index (χ0n) is 17.1. The van der Waals surface area contributed by atoms with Crippen LogP contribution in [0.25, 0.3) is 0 Å². The zero-order chi connectivity index (χ0) is 22.1. The molecule has 0 atom stereocenters. The lowest BCUT2D eigenvalue weighted by molar-refractivity contribution is -0.121. The minimum absolute atomic E-state index is 0.190. The molecular formula is C24H24N2O5. The molecule has 0 spiro atoms. The van der Waals surface area contributed by atoms with Gasteiger partial charge in [0.25, 0.3) is 0 Å². The van der Waals surface area contributed by atoms with Gasteiger partial charge >= 0.3 is 0 Å². The van der Waals surface area contributed by atoms with Gasteiger partial charge < -0.3 is 19.7 Å². The number of hydrazone groups is 1. The van der Waals surface area contributed by atoms with Gasteiger partial charge in [-0.1, -0.05) is 36.4 Å². The van der Waals surface area contributed by atoms with Gasteiger partial charge in [-0.25, -0.2) is 5.43 Å². The molecular weight excluding hydrogens is 396 g/mol. The Hall–Kier alpha value is -4.00. The maximum atomic E-state index is 12.0. The van der Waals surface area contributed by atoms with E-state index in [0.717, 1.165) is 16.7 Å². The largest absolute Gasteiger partial charge is 0.504 e. The quantitative estimate of drug-likeness (QED) is 0.278. The third kappa shape index (κ3) is 6.50. The molecule has 160 valence electrons. The van der Waals surface area contributed by atoms with Crippen molar-refractivity contribution < 1.29 is 24.5 Å². The van der Waals surface area contributed by atoms with Crippen molar-refractivity contribution in [1.82, 2.24) is 5.43 Å². The van der Waals surface area contributed by atoms with Gasteiger partial charge in [0.15, 0.2) is 23.0 Å². The summed E-state index contributed by atoms with van der Waals surface area (Å²) in [7, 11) is 1.56. The molecule has 3 N–H and O–H groups in total. The second kappa shape index (κ2) is 10.7. The van der Waals surface area contributed by atoms with Crippen LogP contribution in [0.5, 0.6) is 23.0 Å². The van der Waals surface area contributed by atoms with Crippen LogP contribution in [0.15, 0.2) is 71.8 Å². The number of rotatable bonds is 9. The molecule has 31 heavy (non-hydrogen) atoms. The van der Waals surface area contributed by atoms with Gasteiger partial charge in [0, 0.05) is 6.42 Å². The molecule has 1 amide bonds. The van der Waals surface area contributed by atoms with Gasteiger partial charge in [0.2, 0.25) is 5.91 Å². The second-order valence-corrected chi connectivity index (χ2v) is 6.80. The summed E-state index contributed by atoms with van der Waals surface area (Å²) in [4.78, 5) is 12.0. The number of aromatic hydroxyl groups is 2. The number of hydrogen-bond donors (Lipinski definition) is 3. The zero-order valence-corrected chi connectivity index (χ0v) is 17.1. The minimum atomic E-state index is -0.265. The molecule has 3 rings (SSSR count). The summed E-state index contributed by atoms with van der Waals surface area (Å²) in [6.07, 6.45) is 2.13. The molecule has 0 saturated carbocycles. The molecule has 3 aromatic rings. The Labute approximate surface area is 180 Å². The molecule has 0 aliphatic rings. The van der Waals surface area contributed by atoms with Crippen LogP contribution in [0.1, 0.15) is 23.1 Å². The number of amides is 1. The van der Waals surface area contributed by atoms with Gasteiger partial charge in [-0.3, -0.25) is 4.79 Å². The molecule has 0 aromatic heterocycles. The van der Waals surface area contributed by atoms with E-state index >= 15 is 0 Å². The van der Waals surface area contributed by atoms with Gasteiger partial charge in [0.1, 0.15) is 6.61 Å². The standard InChI is InChI=1S/C24H24N2O5/c1-30-23-14-19(8-11-22(23)31-16-18-5-3-2-4-6-18)15-25-26-24(29)12-9-17-7-10-20(27)21(28)13-17/h2-8,10-11,13-15,27-28H,9,12,16H2,1H3,(H,26,29)/b25-15+. The Morgan fingerprint density at radius 1 is 0.968 bits per heavy atom. The summed E-state index contributed by atoms with van der Waals surface area (Å²) in [6.45, 7) is 0.430. The van der Waals surface area contributed by atoms with Crippen molar-refractivity contribution in [2.24, 2.45) is 5.10 Å². The summed E-state index contributed by atoms with van der Waals surface area (Å²) >= 11 is 0.